The molecule has 2 N–H and O–H groups in total. The van der Waals surface area contributed by atoms with Crippen molar-refractivity contribution in [3.63, 3.8) is 0 Å². The predicted molar refractivity (Wildman–Crippen MR) is 62.4 cm³/mol. The van der Waals surface area contributed by atoms with Crippen molar-refractivity contribution >= 4 is 17.3 Å². The number of nitro groups is 1. The Kier molecular flexibility index (Phi) is 3.34. The monoisotopic (exact) mass is 270 g/mol. The number of rotatable bonds is 3. The van der Waals surface area contributed by atoms with Crippen LogP contribution in [0.3, 0.4) is 0 Å². The van der Waals surface area contributed by atoms with Gasteiger partial charge in [0, 0.05) is 13.0 Å². The molecule has 1 aliphatic rings. The number of β-amino-alcohol motifs (C(OH)–C–C–N with tert-alkyl or cyclic N) is 1. The van der Waals surface area contributed by atoms with Gasteiger partial charge in [0.25, 0.3) is 0 Å². The first-order chi connectivity index (χ1) is 8.91. The third-order valence-corrected chi connectivity index (χ3v) is 3.02. The van der Waals surface area contributed by atoms with E-state index in [4.69, 9.17) is 5.11 Å². The standard InChI is InChI=1S/C11H11FN2O5/c12-7-2-1-3-8(10(7)14(18)19)13-5-6(15)4-9(13)11(16)17/h1-3,6,9,15H,4-5H2,(H,16,17). The van der Waals surface area contributed by atoms with E-state index in [1.54, 1.807) is 0 Å². The molecule has 2 unspecified atom stereocenters. The highest BCUT2D eigenvalue weighted by atomic mass is 19.1. The van der Waals surface area contributed by atoms with Gasteiger partial charge in [-0.1, -0.05) is 6.07 Å². The first kappa shape index (κ1) is 13.2. The minimum Gasteiger partial charge on any atom is -0.480 e. The number of hydrogen-bond donors (Lipinski definition) is 2. The molecule has 0 aliphatic carbocycles. The van der Waals surface area contributed by atoms with Gasteiger partial charge in [-0.25, -0.2) is 4.79 Å². The summed E-state index contributed by atoms with van der Waals surface area (Å²) >= 11 is 0. The average molecular weight is 270 g/mol. The van der Waals surface area contributed by atoms with Gasteiger partial charge in [0.2, 0.25) is 5.82 Å². The van der Waals surface area contributed by atoms with Gasteiger partial charge < -0.3 is 15.1 Å². The molecule has 2 rings (SSSR count). The summed E-state index contributed by atoms with van der Waals surface area (Å²) in [5.74, 6) is -2.25. The Morgan fingerprint density at radius 2 is 2.21 bits per heavy atom. The van der Waals surface area contributed by atoms with E-state index >= 15 is 0 Å². The fourth-order valence-electron chi connectivity index (χ4n) is 2.23. The third-order valence-electron chi connectivity index (χ3n) is 3.02. The molecule has 0 bridgehead atoms. The van der Waals surface area contributed by atoms with E-state index in [0.717, 1.165) is 11.0 Å². The summed E-state index contributed by atoms with van der Waals surface area (Å²) in [5.41, 5.74) is -0.906. The number of nitro benzene ring substituents is 1. The zero-order valence-corrected chi connectivity index (χ0v) is 9.69. The summed E-state index contributed by atoms with van der Waals surface area (Å²) in [6.07, 6.45) is -0.966. The number of aliphatic hydroxyl groups is 1. The quantitative estimate of drug-likeness (QED) is 0.620. The molecule has 0 aromatic heterocycles. The lowest BCUT2D eigenvalue weighted by Gasteiger charge is -2.22. The molecule has 1 fully saturated rings. The van der Waals surface area contributed by atoms with Crippen LogP contribution in [0.2, 0.25) is 0 Å². The number of hydrogen-bond acceptors (Lipinski definition) is 5. The number of carbonyl (C=O) groups is 1. The first-order valence-electron chi connectivity index (χ1n) is 5.52. The highest BCUT2D eigenvalue weighted by Crippen LogP contribution is 2.35. The molecular weight excluding hydrogens is 259 g/mol. The van der Waals surface area contributed by atoms with E-state index in [2.05, 4.69) is 0 Å². The molecule has 0 spiro atoms. The molecule has 0 amide bonds. The number of carboxylic acids is 1. The second-order valence-electron chi connectivity index (χ2n) is 4.26. The number of anilines is 1. The lowest BCUT2D eigenvalue weighted by molar-refractivity contribution is -0.386. The molecule has 1 saturated heterocycles. The van der Waals surface area contributed by atoms with E-state index in [-0.39, 0.29) is 18.7 Å². The number of nitrogens with zero attached hydrogens (tertiary/aromatic N) is 2. The first-order valence-corrected chi connectivity index (χ1v) is 5.52. The van der Waals surface area contributed by atoms with Crippen LogP contribution in [-0.2, 0) is 4.79 Å². The average Bonchev–Trinajstić information content (AvgIpc) is 2.70. The van der Waals surface area contributed by atoms with Crippen molar-refractivity contribution in [2.45, 2.75) is 18.6 Å². The van der Waals surface area contributed by atoms with E-state index in [9.17, 15) is 24.4 Å². The molecule has 0 saturated carbocycles. The molecule has 8 heteroatoms. The highest BCUT2D eigenvalue weighted by Gasteiger charge is 2.39. The summed E-state index contributed by atoms with van der Waals surface area (Å²) in [6.45, 7) is -0.0821. The van der Waals surface area contributed by atoms with Crippen LogP contribution < -0.4 is 4.90 Å². The molecule has 0 radical (unpaired) electrons. The molecule has 1 heterocycles. The van der Waals surface area contributed by atoms with Crippen molar-refractivity contribution in [1.82, 2.24) is 0 Å². The van der Waals surface area contributed by atoms with E-state index < -0.39 is 34.5 Å². The molecule has 2 atom stereocenters. The van der Waals surface area contributed by atoms with Gasteiger partial charge in [-0.15, -0.1) is 0 Å². The van der Waals surface area contributed by atoms with Gasteiger partial charge in [-0.3, -0.25) is 10.1 Å². The largest absolute Gasteiger partial charge is 0.480 e. The van der Waals surface area contributed by atoms with Gasteiger partial charge in [0.15, 0.2) is 0 Å². The molecule has 1 aliphatic heterocycles. The van der Waals surface area contributed by atoms with Gasteiger partial charge >= 0.3 is 11.7 Å². The van der Waals surface area contributed by atoms with Crippen molar-refractivity contribution in [1.29, 1.82) is 0 Å². The van der Waals surface area contributed by atoms with Crippen molar-refractivity contribution in [2.24, 2.45) is 0 Å². The van der Waals surface area contributed by atoms with E-state index in [0.29, 0.717) is 0 Å². The SMILES string of the molecule is O=C(O)C1CC(O)CN1c1cccc(F)c1[N+](=O)[O-]. The number of para-hydroxylation sites is 1. The Hall–Kier alpha value is -2.22. The fourth-order valence-corrected chi connectivity index (χ4v) is 2.23. The van der Waals surface area contributed by atoms with Crippen molar-refractivity contribution in [2.75, 3.05) is 11.4 Å². The van der Waals surface area contributed by atoms with Gasteiger partial charge in [-0.05, 0) is 12.1 Å². The Morgan fingerprint density at radius 1 is 1.53 bits per heavy atom. The minimum atomic E-state index is -1.21. The zero-order chi connectivity index (χ0) is 14.2. The van der Waals surface area contributed by atoms with Gasteiger partial charge in [-0.2, -0.15) is 4.39 Å². The molecule has 1 aromatic rings. The van der Waals surface area contributed by atoms with Crippen molar-refractivity contribution in [3.8, 4) is 0 Å². The van der Waals surface area contributed by atoms with E-state index in [1.165, 1.54) is 12.1 Å². The summed E-state index contributed by atoms with van der Waals surface area (Å²) < 4.78 is 13.5. The fraction of sp³-hybridized carbons (Fsp3) is 0.364. The smallest absolute Gasteiger partial charge is 0.327 e. The number of benzene rings is 1. The highest BCUT2D eigenvalue weighted by molar-refractivity contribution is 5.81. The molecular formula is C11H11FN2O5. The zero-order valence-electron chi connectivity index (χ0n) is 9.69. The van der Waals surface area contributed by atoms with Crippen LogP contribution in [-0.4, -0.2) is 39.8 Å². The normalized spacial score (nSPS) is 22.5. The Balaban J connectivity index is 2.49. The second kappa shape index (κ2) is 4.81. The van der Waals surface area contributed by atoms with Crippen molar-refractivity contribution < 1.29 is 24.3 Å². The van der Waals surface area contributed by atoms with Crippen LogP contribution in [0.5, 0.6) is 0 Å². The van der Waals surface area contributed by atoms with Gasteiger partial charge in [0.05, 0.1) is 11.0 Å². The second-order valence-corrected chi connectivity index (χ2v) is 4.26. The maximum atomic E-state index is 13.5. The number of carboxylic acid groups (broad SMARTS) is 1. The summed E-state index contributed by atoms with van der Waals surface area (Å²) in [7, 11) is 0. The van der Waals surface area contributed by atoms with Crippen LogP contribution in [0.25, 0.3) is 0 Å². The maximum absolute atomic E-state index is 13.5. The number of halogens is 1. The Morgan fingerprint density at radius 3 is 2.79 bits per heavy atom. The van der Waals surface area contributed by atoms with Crippen LogP contribution in [0.4, 0.5) is 15.8 Å². The Bertz CT molecular complexity index is 536. The molecule has 19 heavy (non-hydrogen) atoms. The number of aliphatic carboxylic acids is 1. The predicted octanol–water partition coefficient (Wildman–Crippen LogP) is 0.758. The number of aliphatic hydroxyl groups excluding tert-OH is 1. The topological polar surface area (TPSA) is 104 Å². The Labute approximate surface area is 107 Å². The third kappa shape index (κ3) is 2.34. The van der Waals surface area contributed by atoms with Crippen LogP contribution in [0.1, 0.15) is 6.42 Å². The summed E-state index contributed by atoms with van der Waals surface area (Å²) in [4.78, 5) is 22.2. The van der Waals surface area contributed by atoms with E-state index in [1.807, 2.05) is 0 Å². The maximum Gasteiger partial charge on any atom is 0.327 e. The minimum absolute atomic E-state index is 0.0526. The molecule has 7 nitrogen and oxygen atoms in total. The van der Waals surface area contributed by atoms with Crippen LogP contribution in [0.15, 0.2) is 18.2 Å². The molecule has 1 aromatic carbocycles. The van der Waals surface area contributed by atoms with Crippen LogP contribution >= 0.6 is 0 Å². The molecule has 102 valence electrons. The summed E-state index contributed by atoms with van der Waals surface area (Å²) in [5, 5.41) is 29.4. The van der Waals surface area contributed by atoms with Crippen LogP contribution in [0, 0.1) is 15.9 Å². The lowest BCUT2D eigenvalue weighted by Crippen LogP contribution is -2.36. The lowest BCUT2D eigenvalue weighted by atomic mass is 10.2. The van der Waals surface area contributed by atoms with Gasteiger partial charge in [0.1, 0.15) is 11.7 Å². The summed E-state index contributed by atoms with van der Waals surface area (Å²) in [6, 6.07) is 2.37. The van der Waals surface area contributed by atoms with Crippen molar-refractivity contribution in [3.05, 3.63) is 34.1 Å².